The Hall–Kier alpha value is -0.950. The number of nitrogens with zero attached hydrogens (tertiary/aromatic N) is 1. The zero-order chi connectivity index (χ0) is 21.7. The van der Waals surface area contributed by atoms with Gasteiger partial charge in [0.2, 0.25) is 0 Å². The molecule has 1 unspecified atom stereocenters. The lowest BCUT2D eigenvalue weighted by Gasteiger charge is -2.32. The Labute approximate surface area is 178 Å². The van der Waals surface area contributed by atoms with Crippen LogP contribution in [0.25, 0.3) is 0 Å². The molecule has 1 N–H and O–H groups in total. The summed E-state index contributed by atoms with van der Waals surface area (Å²) >= 11 is 5.38. The Morgan fingerprint density at radius 3 is 2.60 bits per heavy atom. The van der Waals surface area contributed by atoms with Gasteiger partial charge in [0.25, 0.3) is 5.56 Å². The van der Waals surface area contributed by atoms with Crippen molar-refractivity contribution in [3.05, 3.63) is 33.1 Å². The van der Waals surface area contributed by atoms with Crippen molar-refractivity contribution in [3.63, 3.8) is 0 Å². The first-order valence-corrected chi connectivity index (χ1v) is 12.1. The second-order valence-corrected chi connectivity index (χ2v) is 9.99. The van der Waals surface area contributed by atoms with Crippen LogP contribution in [-0.2, 0) is 44.3 Å². The van der Waals surface area contributed by atoms with Gasteiger partial charge in [-0.15, -0.1) is 0 Å². The van der Waals surface area contributed by atoms with Gasteiger partial charge in [-0.2, -0.15) is 0 Å². The average Bonchev–Trinajstić information content (AvgIpc) is 3.05. The van der Waals surface area contributed by atoms with Gasteiger partial charge in [0.1, 0.15) is 18.3 Å². The molecule has 3 rings (SSSR count). The summed E-state index contributed by atoms with van der Waals surface area (Å²) in [5.74, 6) is 0. The van der Waals surface area contributed by atoms with Crippen molar-refractivity contribution in [1.29, 1.82) is 0 Å². The summed E-state index contributed by atoms with van der Waals surface area (Å²) < 4.78 is 41.1. The van der Waals surface area contributed by atoms with Crippen molar-refractivity contribution in [1.82, 2.24) is 9.55 Å². The SMILES string of the molecule is COC[C@H]1O[C@@H](n2ccc(=O)[nH]c2=O)[C@H](OC2CCCCO2)[C@@H]1OP(=S)(OC)OC. The van der Waals surface area contributed by atoms with E-state index in [9.17, 15) is 9.59 Å². The third kappa shape index (κ3) is 5.45. The topological polar surface area (TPSA) is 119 Å². The number of aromatic amines is 1. The van der Waals surface area contributed by atoms with Crippen molar-refractivity contribution in [2.75, 3.05) is 34.5 Å². The zero-order valence-corrected chi connectivity index (χ0v) is 18.8. The van der Waals surface area contributed by atoms with Crippen LogP contribution < -0.4 is 11.2 Å². The zero-order valence-electron chi connectivity index (χ0n) is 17.1. The van der Waals surface area contributed by atoms with Crippen molar-refractivity contribution in [2.24, 2.45) is 0 Å². The fraction of sp³-hybridized carbons (Fsp3) is 0.765. The molecule has 2 saturated heterocycles. The first-order valence-electron chi connectivity index (χ1n) is 9.53. The Morgan fingerprint density at radius 1 is 1.23 bits per heavy atom. The monoisotopic (exact) mass is 466 g/mol. The number of ether oxygens (including phenoxy) is 4. The molecule has 0 saturated carbocycles. The van der Waals surface area contributed by atoms with E-state index >= 15 is 0 Å². The number of hydrogen-bond acceptors (Lipinski definition) is 10. The maximum absolute atomic E-state index is 12.4. The van der Waals surface area contributed by atoms with E-state index in [4.69, 9.17) is 44.3 Å². The lowest BCUT2D eigenvalue weighted by Crippen LogP contribution is -2.43. The molecule has 5 atom stereocenters. The highest BCUT2D eigenvalue weighted by atomic mass is 32.5. The van der Waals surface area contributed by atoms with E-state index in [0.29, 0.717) is 13.0 Å². The summed E-state index contributed by atoms with van der Waals surface area (Å²) in [6, 6.07) is 1.23. The normalized spacial score (nSPS) is 29.9. The van der Waals surface area contributed by atoms with Crippen LogP contribution in [-0.4, -0.2) is 68.7 Å². The van der Waals surface area contributed by atoms with Crippen LogP contribution in [0.4, 0.5) is 0 Å². The molecule has 13 heteroatoms. The molecule has 0 aromatic carbocycles. The standard InChI is InChI=1S/C17H27N2O9PS/c1-22-10-11-14(28-29(30,23-2)24-3)15(27-13-6-4-5-9-25-13)16(26-11)19-8-7-12(20)18-17(19)21/h7-8,11,13-16H,4-6,9-10H2,1-3H3,(H,18,20,21)/t11-,13?,14-,15-,16-/m1/s1. The maximum Gasteiger partial charge on any atom is 0.330 e. The van der Waals surface area contributed by atoms with Crippen molar-refractivity contribution in [3.8, 4) is 0 Å². The Balaban J connectivity index is 1.97. The molecule has 1 aromatic rings. The second kappa shape index (κ2) is 10.6. The number of nitrogens with one attached hydrogen (secondary N) is 1. The summed E-state index contributed by atoms with van der Waals surface area (Å²) in [5.41, 5.74) is -1.15. The summed E-state index contributed by atoms with van der Waals surface area (Å²) in [6.07, 6.45) is 0.306. The highest BCUT2D eigenvalue weighted by Gasteiger charge is 2.51. The molecule has 3 heterocycles. The van der Waals surface area contributed by atoms with Gasteiger partial charge in [-0.25, -0.2) is 4.79 Å². The molecule has 0 amide bonds. The summed E-state index contributed by atoms with van der Waals surface area (Å²) in [5, 5.41) is 0. The molecule has 2 aliphatic heterocycles. The predicted molar refractivity (Wildman–Crippen MR) is 109 cm³/mol. The predicted octanol–water partition coefficient (Wildman–Crippen LogP) is 0.895. The summed E-state index contributed by atoms with van der Waals surface area (Å²) in [7, 11) is 4.31. The molecule has 0 spiro atoms. The first kappa shape index (κ1) is 23.7. The second-order valence-electron chi connectivity index (χ2n) is 6.82. The minimum absolute atomic E-state index is 0.146. The molecule has 170 valence electrons. The molecule has 11 nitrogen and oxygen atoms in total. The largest absolute Gasteiger partial charge is 0.382 e. The van der Waals surface area contributed by atoms with Gasteiger partial charge in [0, 0.05) is 40.2 Å². The van der Waals surface area contributed by atoms with E-state index in [1.54, 1.807) is 0 Å². The van der Waals surface area contributed by atoms with Crippen molar-refractivity contribution >= 4 is 18.5 Å². The van der Waals surface area contributed by atoms with E-state index < -0.39 is 48.8 Å². The molecule has 0 radical (unpaired) electrons. The van der Waals surface area contributed by atoms with Gasteiger partial charge < -0.3 is 28.0 Å². The van der Waals surface area contributed by atoms with Gasteiger partial charge >= 0.3 is 12.4 Å². The van der Waals surface area contributed by atoms with Gasteiger partial charge in [-0.1, -0.05) is 0 Å². The Kier molecular flexibility index (Phi) is 8.36. The lowest BCUT2D eigenvalue weighted by molar-refractivity contribution is -0.214. The number of methoxy groups -OCH3 is 1. The molecule has 30 heavy (non-hydrogen) atoms. The Morgan fingerprint density at radius 2 is 2.00 bits per heavy atom. The van der Waals surface area contributed by atoms with Crippen LogP contribution in [0, 0.1) is 0 Å². The number of rotatable bonds is 9. The van der Waals surface area contributed by atoms with Gasteiger partial charge in [0.05, 0.1) is 6.61 Å². The minimum atomic E-state index is -3.09. The molecular formula is C17H27N2O9PS. The van der Waals surface area contributed by atoms with Crippen LogP contribution in [0.1, 0.15) is 25.5 Å². The molecule has 0 aliphatic carbocycles. The van der Waals surface area contributed by atoms with Crippen molar-refractivity contribution in [2.45, 2.75) is 50.1 Å². The molecule has 1 aromatic heterocycles. The smallest absolute Gasteiger partial charge is 0.330 e. The van der Waals surface area contributed by atoms with Crippen LogP contribution >= 0.6 is 6.72 Å². The number of aromatic nitrogens is 2. The fourth-order valence-corrected chi connectivity index (χ4v) is 4.61. The van der Waals surface area contributed by atoms with Crippen LogP contribution in [0.15, 0.2) is 21.9 Å². The highest BCUT2D eigenvalue weighted by Crippen LogP contribution is 2.52. The molecule has 2 aliphatic rings. The van der Waals surface area contributed by atoms with Crippen LogP contribution in [0.5, 0.6) is 0 Å². The number of H-pyrrole nitrogens is 1. The van der Waals surface area contributed by atoms with Crippen molar-refractivity contribution < 1.29 is 32.5 Å². The van der Waals surface area contributed by atoms with Crippen LogP contribution in [0.2, 0.25) is 0 Å². The lowest BCUT2D eigenvalue weighted by atomic mass is 10.1. The van der Waals surface area contributed by atoms with E-state index in [1.165, 1.54) is 38.2 Å². The maximum atomic E-state index is 12.4. The number of hydrogen-bond donors (Lipinski definition) is 1. The van der Waals surface area contributed by atoms with Gasteiger partial charge in [-0.3, -0.25) is 18.9 Å². The Bertz CT molecular complexity index is 848. The quantitative estimate of drug-likeness (QED) is 0.526. The highest BCUT2D eigenvalue weighted by molar-refractivity contribution is 8.07. The molecular weight excluding hydrogens is 439 g/mol. The van der Waals surface area contributed by atoms with Gasteiger partial charge in [0.15, 0.2) is 12.5 Å². The summed E-state index contributed by atoms with van der Waals surface area (Å²) in [4.78, 5) is 26.2. The molecule has 2 fully saturated rings. The van der Waals surface area contributed by atoms with Gasteiger partial charge in [-0.05, 0) is 31.1 Å². The minimum Gasteiger partial charge on any atom is -0.382 e. The van der Waals surface area contributed by atoms with E-state index in [0.717, 1.165) is 12.8 Å². The van der Waals surface area contributed by atoms with E-state index in [-0.39, 0.29) is 6.61 Å². The average molecular weight is 466 g/mol. The third-order valence-electron chi connectivity index (χ3n) is 4.89. The first-order chi connectivity index (χ1) is 14.4. The van der Waals surface area contributed by atoms with Crippen LogP contribution in [0.3, 0.4) is 0 Å². The summed E-state index contributed by atoms with van der Waals surface area (Å²) in [6.45, 7) is -2.37. The third-order valence-corrected chi connectivity index (χ3v) is 7.44. The fourth-order valence-electron chi connectivity index (χ4n) is 3.43. The van der Waals surface area contributed by atoms with E-state index in [2.05, 4.69) is 4.98 Å². The van der Waals surface area contributed by atoms with E-state index in [1.807, 2.05) is 0 Å². The molecule has 0 bridgehead atoms.